The zero-order valence-corrected chi connectivity index (χ0v) is 22.4. The summed E-state index contributed by atoms with van der Waals surface area (Å²) in [7, 11) is 1.39. The molecule has 1 aliphatic carbocycles. The number of nitrogens with one attached hydrogen (secondary N) is 1. The van der Waals surface area contributed by atoms with Crippen LogP contribution < -0.4 is 5.32 Å². The van der Waals surface area contributed by atoms with Crippen LogP contribution in [-0.4, -0.2) is 39.5 Å². The molecule has 0 spiro atoms. The number of hydrogen-bond acceptors (Lipinski definition) is 8. The van der Waals surface area contributed by atoms with Crippen molar-refractivity contribution in [2.45, 2.75) is 70.5 Å². The van der Waals surface area contributed by atoms with E-state index in [1.165, 1.54) is 40.0 Å². The van der Waals surface area contributed by atoms with Crippen LogP contribution in [0.4, 0.5) is 5.00 Å². The molecule has 0 radical (unpaired) electrons. The maximum absolute atomic E-state index is 12.9. The van der Waals surface area contributed by atoms with E-state index in [4.69, 9.17) is 4.74 Å². The van der Waals surface area contributed by atoms with Gasteiger partial charge in [0.15, 0.2) is 11.0 Å². The number of methoxy groups -OCH3 is 1. The summed E-state index contributed by atoms with van der Waals surface area (Å²) in [5.41, 5.74) is 2.63. The minimum atomic E-state index is -0.380. The first-order valence-electron chi connectivity index (χ1n) is 11.6. The molecular formula is C24H30N4O3S3. The lowest BCUT2D eigenvalue weighted by Crippen LogP contribution is -2.16. The predicted octanol–water partition coefficient (Wildman–Crippen LogP) is 6.00. The van der Waals surface area contributed by atoms with Crippen molar-refractivity contribution >= 4 is 51.3 Å². The largest absolute Gasteiger partial charge is 0.465 e. The maximum atomic E-state index is 12.9. The van der Waals surface area contributed by atoms with Crippen LogP contribution in [0.25, 0.3) is 11.4 Å². The summed E-state index contributed by atoms with van der Waals surface area (Å²) in [6, 6.07) is 2.17. The van der Waals surface area contributed by atoms with Crippen molar-refractivity contribution in [2.24, 2.45) is 0 Å². The first-order chi connectivity index (χ1) is 16.4. The number of aryl methyl sites for hydroxylation is 1. The van der Waals surface area contributed by atoms with Crippen LogP contribution in [0.2, 0.25) is 0 Å². The van der Waals surface area contributed by atoms with Crippen molar-refractivity contribution in [1.82, 2.24) is 14.8 Å². The van der Waals surface area contributed by atoms with E-state index in [0.717, 1.165) is 49.1 Å². The van der Waals surface area contributed by atoms with Crippen LogP contribution in [0.15, 0.2) is 16.6 Å². The van der Waals surface area contributed by atoms with Gasteiger partial charge in [-0.3, -0.25) is 4.79 Å². The number of anilines is 1. The SMILES string of the molecule is CCn1c(SCC(=O)Nc2sc3c(c2C(=O)OC)CCCCC3)nnc1-c1csc(C(C)C)c1. The molecule has 0 aliphatic heterocycles. The van der Waals surface area contributed by atoms with Gasteiger partial charge in [0.25, 0.3) is 0 Å². The first-order valence-corrected chi connectivity index (χ1v) is 14.3. The van der Waals surface area contributed by atoms with Gasteiger partial charge in [-0.2, -0.15) is 0 Å². The lowest BCUT2D eigenvalue weighted by molar-refractivity contribution is -0.113. The number of hydrogen-bond donors (Lipinski definition) is 1. The van der Waals surface area contributed by atoms with E-state index in [0.29, 0.717) is 28.2 Å². The fourth-order valence-electron chi connectivity index (χ4n) is 4.11. The highest BCUT2D eigenvalue weighted by Gasteiger charge is 2.26. The normalized spacial score (nSPS) is 13.6. The Balaban J connectivity index is 1.48. The van der Waals surface area contributed by atoms with E-state index >= 15 is 0 Å². The number of rotatable bonds is 8. The molecule has 1 amide bonds. The molecule has 0 atom stereocenters. The van der Waals surface area contributed by atoms with Crippen molar-refractivity contribution in [1.29, 1.82) is 0 Å². The Morgan fingerprint density at radius 3 is 2.74 bits per heavy atom. The van der Waals surface area contributed by atoms with Crippen LogP contribution in [-0.2, 0) is 28.9 Å². The Morgan fingerprint density at radius 1 is 1.24 bits per heavy atom. The first kappa shape index (κ1) is 24.9. The number of carbonyl (C=O) groups is 2. The molecule has 34 heavy (non-hydrogen) atoms. The zero-order chi connectivity index (χ0) is 24.2. The standard InChI is InChI=1S/C24H30N4O3S3/c1-5-28-21(15-11-18(14(2)3)32-12-15)26-27-24(28)33-13-19(29)25-22-20(23(30)31-4)16-9-7-6-8-10-17(16)34-22/h11-12,14H,5-10,13H2,1-4H3,(H,25,29). The molecule has 182 valence electrons. The fourth-order valence-corrected chi connectivity index (χ4v) is 7.11. The van der Waals surface area contributed by atoms with Crippen LogP contribution in [0, 0.1) is 0 Å². The average Bonchev–Trinajstić information content (AvgIpc) is 3.50. The molecule has 0 saturated carbocycles. The minimum absolute atomic E-state index is 0.170. The maximum Gasteiger partial charge on any atom is 0.341 e. The summed E-state index contributed by atoms with van der Waals surface area (Å²) in [5, 5.41) is 15.1. The second-order valence-corrected chi connectivity index (χ2v) is 11.5. The Morgan fingerprint density at radius 2 is 2.03 bits per heavy atom. The average molecular weight is 519 g/mol. The van der Waals surface area contributed by atoms with Crippen molar-refractivity contribution in [3.8, 4) is 11.4 Å². The van der Waals surface area contributed by atoms with Crippen LogP contribution in [0.5, 0.6) is 0 Å². The molecule has 10 heteroatoms. The third-order valence-electron chi connectivity index (χ3n) is 5.88. The number of nitrogens with zero attached hydrogens (tertiary/aromatic N) is 3. The van der Waals surface area contributed by atoms with Gasteiger partial charge in [-0.05, 0) is 50.2 Å². The van der Waals surface area contributed by atoms with Crippen LogP contribution in [0.1, 0.15) is 71.6 Å². The number of thioether (sulfide) groups is 1. The molecular weight excluding hydrogens is 488 g/mol. The van der Waals surface area contributed by atoms with Crippen LogP contribution >= 0.6 is 34.4 Å². The Kier molecular flexibility index (Phi) is 8.10. The number of carbonyl (C=O) groups excluding carboxylic acids is 2. The summed E-state index contributed by atoms with van der Waals surface area (Å²) in [6.45, 7) is 7.12. The van der Waals surface area contributed by atoms with Gasteiger partial charge in [-0.25, -0.2) is 4.79 Å². The lowest BCUT2D eigenvalue weighted by atomic mass is 10.1. The molecule has 0 aromatic carbocycles. The molecule has 0 bridgehead atoms. The molecule has 3 aromatic heterocycles. The van der Waals surface area contributed by atoms with Gasteiger partial charge < -0.3 is 14.6 Å². The van der Waals surface area contributed by atoms with Gasteiger partial charge >= 0.3 is 5.97 Å². The van der Waals surface area contributed by atoms with Gasteiger partial charge in [-0.15, -0.1) is 32.9 Å². The zero-order valence-electron chi connectivity index (χ0n) is 20.0. The third-order valence-corrected chi connectivity index (χ3v) is 9.28. The monoisotopic (exact) mass is 518 g/mol. The van der Waals surface area contributed by atoms with E-state index < -0.39 is 0 Å². The molecule has 3 aromatic rings. The lowest BCUT2D eigenvalue weighted by Gasteiger charge is -2.08. The van der Waals surface area contributed by atoms with Gasteiger partial charge in [0.2, 0.25) is 5.91 Å². The second-order valence-electron chi connectivity index (χ2n) is 8.54. The van der Waals surface area contributed by atoms with Crippen molar-refractivity contribution in [3.05, 3.63) is 32.3 Å². The number of ether oxygens (including phenoxy) is 1. The molecule has 0 unspecified atom stereocenters. The number of amides is 1. The summed E-state index contributed by atoms with van der Waals surface area (Å²) in [4.78, 5) is 27.9. The smallest absolute Gasteiger partial charge is 0.341 e. The summed E-state index contributed by atoms with van der Waals surface area (Å²) in [5.74, 6) is 0.924. The summed E-state index contributed by atoms with van der Waals surface area (Å²) >= 11 is 4.59. The van der Waals surface area contributed by atoms with E-state index in [2.05, 4.69) is 40.8 Å². The molecule has 1 aliphatic rings. The fraction of sp³-hybridized carbons (Fsp3) is 0.500. The van der Waals surface area contributed by atoms with E-state index in [1.807, 2.05) is 11.5 Å². The van der Waals surface area contributed by atoms with E-state index in [-0.39, 0.29) is 17.6 Å². The molecule has 4 rings (SSSR count). The molecule has 3 heterocycles. The van der Waals surface area contributed by atoms with Crippen LogP contribution in [0.3, 0.4) is 0 Å². The number of esters is 1. The number of fused-ring (bicyclic) bond motifs is 1. The van der Waals surface area contributed by atoms with Crippen molar-refractivity contribution in [2.75, 3.05) is 18.2 Å². The van der Waals surface area contributed by atoms with Crippen molar-refractivity contribution in [3.63, 3.8) is 0 Å². The van der Waals surface area contributed by atoms with Gasteiger partial charge in [0.1, 0.15) is 5.00 Å². The topological polar surface area (TPSA) is 86.1 Å². The molecule has 1 N–H and O–H groups in total. The highest BCUT2D eigenvalue weighted by atomic mass is 32.2. The van der Waals surface area contributed by atoms with Gasteiger partial charge in [0, 0.05) is 27.2 Å². The highest BCUT2D eigenvalue weighted by Crippen LogP contribution is 2.38. The second kappa shape index (κ2) is 11.0. The summed E-state index contributed by atoms with van der Waals surface area (Å²) in [6.07, 6.45) is 5.11. The number of thiophene rings is 2. The highest BCUT2D eigenvalue weighted by molar-refractivity contribution is 7.99. The van der Waals surface area contributed by atoms with Gasteiger partial charge in [0.05, 0.1) is 18.4 Å². The minimum Gasteiger partial charge on any atom is -0.465 e. The van der Waals surface area contributed by atoms with Crippen molar-refractivity contribution < 1.29 is 14.3 Å². The predicted molar refractivity (Wildman–Crippen MR) is 139 cm³/mol. The van der Waals surface area contributed by atoms with Gasteiger partial charge in [-0.1, -0.05) is 32.0 Å². The quantitative estimate of drug-likeness (QED) is 0.224. The van der Waals surface area contributed by atoms with E-state index in [1.54, 1.807) is 11.3 Å². The Labute approximate surface area is 212 Å². The molecule has 7 nitrogen and oxygen atoms in total. The Hall–Kier alpha value is -2.17. The molecule has 0 fully saturated rings. The number of aromatic nitrogens is 3. The van der Waals surface area contributed by atoms with E-state index in [9.17, 15) is 9.59 Å². The molecule has 0 saturated heterocycles. The third kappa shape index (κ3) is 5.23. The Bertz CT molecular complexity index is 1180. The summed E-state index contributed by atoms with van der Waals surface area (Å²) < 4.78 is 7.07.